The minimum atomic E-state index is -1.23. The molecule has 0 aliphatic heterocycles. The van der Waals surface area contributed by atoms with Crippen LogP contribution in [-0.2, 0) is 0 Å². The maximum absolute atomic E-state index is 13.4. The molecule has 2 aromatic carbocycles. The molecule has 0 radical (unpaired) electrons. The number of hydrogen-bond donors (Lipinski definition) is 2. The number of aromatic hydroxyl groups is 1. The summed E-state index contributed by atoms with van der Waals surface area (Å²) in [7, 11) is 0. The van der Waals surface area contributed by atoms with E-state index in [1.165, 1.54) is 12.1 Å². The molecule has 6 heteroatoms. The number of aryl methyl sites for hydroxylation is 1. The summed E-state index contributed by atoms with van der Waals surface area (Å²) in [6.07, 6.45) is 0. The summed E-state index contributed by atoms with van der Waals surface area (Å²) >= 11 is 0. The zero-order chi connectivity index (χ0) is 14.9. The molecule has 0 heterocycles. The van der Waals surface area contributed by atoms with Gasteiger partial charge in [0.1, 0.15) is 17.3 Å². The van der Waals surface area contributed by atoms with E-state index in [0.29, 0.717) is 17.7 Å². The monoisotopic (exact) mass is 281 g/mol. The summed E-state index contributed by atoms with van der Waals surface area (Å²) in [5.74, 6) is -4.73. The Morgan fingerprint density at radius 1 is 1.15 bits per heavy atom. The number of halogens is 3. The first-order chi connectivity index (χ1) is 9.40. The van der Waals surface area contributed by atoms with Gasteiger partial charge in [-0.05, 0) is 18.6 Å². The van der Waals surface area contributed by atoms with Gasteiger partial charge in [0.2, 0.25) is 0 Å². The second kappa shape index (κ2) is 5.24. The molecule has 0 aliphatic carbocycles. The van der Waals surface area contributed by atoms with Gasteiger partial charge in [-0.15, -0.1) is 0 Å². The number of amides is 1. The molecule has 2 N–H and O–H groups in total. The van der Waals surface area contributed by atoms with Crippen molar-refractivity contribution in [3.05, 3.63) is 58.9 Å². The Bertz CT molecular complexity index is 663. The van der Waals surface area contributed by atoms with Crippen molar-refractivity contribution in [2.24, 2.45) is 0 Å². The van der Waals surface area contributed by atoms with Gasteiger partial charge in [0.25, 0.3) is 5.91 Å². The third-order valence-corrected chi connectivity index (χ3v) is 2.73. The van der Waals surface area contributed by atoms with E-state index in [9.17, 15) is 23.1 Å². The first-order valence-electron chi connectivity index (χ1n) is 5.64. The Balaban J connectivity index is 2.36. The van der Waals surface area contributed by atoms with E-state index in [1.807, 2.05) is 5.32 Å². The van der Waals surface area contributed by atoms with Gasteiger partial charge in [-0.25, -0.2) is 13.2 Å². The predicted octanol–water partition coefficient (Wildman–Crippen LogP) is 3.37. The Morgan fingerprint density at radius 2 is 1.75 bits per heavy atom. The molecule has 2 aromatic rings. The lowest BCUT2D eigenvalue weighted by Gasteiger charge is -2.10. The molecule has 0 unspecified atom stereocenters. The van der Waals surface area contributed by atoms with Crippen LogP contribution in [0.25, 0.3) is 0 Å². The van der Waals surface area contributed by atoms with E-state index in [1.54, 1.807) is 13.0 Å². The number of benzene rings is 2. The Kier molecular flexibility index (Phi) is 3.65. The first-order valence-corrected chi connectivity index (χ1v) is 5.64. The van der Waals surface area contributed by atoms with Crippen molar-refractivity contribution in [2.75, 3.05) is 5.32 Å². The van der Waals surface area contributed by atoms with Crippen molar-refractivity contribution < 1.29 is 23.1 Å². The van der Waals surface area contributed by atoms with Gasteiger partial charge in [0, 0.05) is 12.1 Å². The highest BCUT2D eigenvalue weighted by Gasteiger charge is 2.18. The van der Waals surface area contributed by atoms with Crippen LogP contribution < -0.4 is 5.32 Å². The lowest BCUT2D eigenvalue weighted by atomic mass is 10.1. The molecular formula is C14H10F3NO2. The SMILES string of the molecule is Cc1cccc(C(=O)Nc2c(F)cc(F)cc2F)c1O. The fourth-order valence-electron chi connectivity index (χ4n) is 1.68. The van der Waals surface area contributed by atoms with Crippen LogP contribution in [0.3, 0.4) is 0 Å². The number of anilines is 1. The summed E-state index contributed by atoms with van der Waals surface area (Å²) in [6.45, 7) is 1.57. The normalized spacial score (nSPS) is 10.4. The van der Waals surface area contributed by atoms with Crippen LogP contribution in [0.1, 0.15) is 15.9 Å². The highest BCUT2D eigenvalue weighted by Crippen LogP contribution is 2.25. The van der Waals surface area contributed by atoms with E-state index in [4.69, 9.17) is 0 Å². The fraction of sp³-hybridized carbons (Fsp3) is 0.0714. The third kappa shape index (κ3) is 2.59. The number of para-hydroxylation sites is 1. The Labute approximate surface area is 112 Å². The second-order valence-electron chi connectivity index (χ2n) is 4.17. The highest BCUT2D eigenvalue weighted by atomic mass is 19.1. The van der Waals surface area contributed by atoms with E-state index in [2.05, 4.69) is 0 Å². The molecule has 0 aliphatic rings. The van der Waals surface area contributed by atoms with Gasteiger partial charge in [0.05, 0.1) is 5.56 Å². The molecule has 0 aromatic heterocycles. The number of carbonyl (C=O) groups excluding carboxylic acids is 1. The second-order valence-corrected chi connectivity index (χ2v) is 4.17. The number of hydrogen-bond acceptors (Lipinski definition) is 2. The molecule has 0 atom stereocenters. The maximum atomic E-state index is 13.4. The molecule has 0 saturated heterocycles. The van der Waals surface area contributed by atoms with Crippen LogP contribution >= 0.6 is 0 Å². The first kappa shape index (κ1) is 13.9. The zero-order valence-electron chi connectivity index (χ0n) is 10.4. The fourth-order valence-corrected chi connectivity index (χ4v) is 1.68. The molecular weight excluding hydrogens is 271 g/mol. The number of phenolic OH excluding ortho intramolecular Hbond substituents is 1. The van der Waals surface area contributed by atoms with Crippen molar-refractivity contribution in [3.8, 4) is 5.75 Å². The van der Waals surface area contributed by atoms with Gasteiger partial charge in [-0.2, -0.15) is 0 Å². The van der Waals surface area contributed by atoms with Crippen LogP contribution in [-0.4, -0.2) is 11.0 Å². The summed E-state index contributed by atoms with van der Waals surface area (Å²) < 4.78 is 39.6. The summed E-state index contributed by atoms with van der Waals surface area (Å²) in [5, 5.41) is 11.7. The largest absolute Gasteiger partial charge is 0.507 e. The van der Waals surface area contributed by atoms with Crippen molar-refractivity contribution in [1.29, 1.82) is 0 Å². The summed E-state index contributed by atoms with van der Waals surface area (Å²) in [4.78, 5) is 11.9. The summed E-state index contributed by atoms with van der Waals surface area (Å²) in [5.41, 5.74) is -0.455. The molecule has 0 spiro atoms. The predicted molar refractivity (Wildman–Crippen MR) is 67.1 cm³/mol. The van der Waals surface area contributed by atoms with Crippen LogP contribution in [0.5, 0.6) is 5.75 Å². The molecule has 1 amide bonds. The third-order valence-electron chi connectivity index (χ3n) is 2.73. The molecule has 0 bridgehead atoms. The minimum Gasteiger partial charge on any atom is -0.507 e. The highest BCUT2D eigenvalue weighted by molar-refractivity contribution is 6.06. The molecule has 0 fully saturated rings. The van der Waals surface area contributed by atoms with E-state index < -0.39 is 29.0 Å². The van der Waals surface area contributed by atoms with Gasteiger partial charge < -0.3 is 10.4 Å². The Morgan fingerprint density at radius 3 is 2.35 bits per heavy atom. The molecule has 104 valence electrons. The van der Waals surface area contributed by atoms with Crippen LogP contribution in [0.4, 0.5) is 18.9 Å². The number of nitrogens with one attached hydrogen (secondary N) is 1. The van der Waals surface area contributed by atoms with Crippen LogP contribution in [0, 0.1) is 24.4 Å². The quantitative estimate of drug-likeness (QED) is 0.886. The standard InChI is InChI=1S/C14H10F3NO2/c1-7-3-2-4-9(13(7)19)14(20)18-12-10(16)5-8(15)6-11(12)17/h2-6,19H,1H3,(H,18,20). The average molecular weight is 281 g/mol. The lowest BCUT2D eigenvalue weighted by molar-refractivity contribution is 0.102. The zero-order valence-corrected chi connectivity index (χ0v) is 10.4. The van der Waals surface area contributed by atoms with Gasteiger partial charge in [0.15, 0.2) is 11.6 Å². The van der Waals surface area contributed by atoms with Crippen molar-refractivity contribution in [3.63, 3.8) is 0 Å². The number of rotatable bonds is 2. The van der Waals surface area contributed by atoms with Crippen molar-refractivity contribution >= 4 is 11.6 Å². The van der Waals surface area contributed by atoms with Gasteiger partial charge >= 0.3 is 0 Å². The minimum absolute atomic E-state index is 0.131. The molecule has 3 nitrogen and oxygen atoms in total. The Hall–Kier alpha value is -2.50. The molecule has 20 heavy (non-hydrogen) atoms. The van der Waals surface area contributed by atoms with Crippen molar-refractivity contribution in [1.82, 2.24) is 0 Å². The average Bonchev–Trinajstić information content (AvgIpc) is 2.36. The molecule has 2 rings (SSSR count). The lowest BCUT2D eigenvalue weighted by Crippen LogP contribution is -2.15. The number of phenols is 1. The van der Waals surface area contributed by atoms with E-state index in [-0.39, 0.29) is 11.3 Å². The van der Waals surface area contributed by atoms with Crippen LogP contribution in [0.15, 0.2) is 30.3 Å². The van der Waals surface area contributed by atoms with Gasteiger partial charge in [-0.1, -0.05) is 12.1 Å². The topological polar surface area (TPSA) is 49.3 Å². The molecule has 0 saturated carbocycles. The smallest absolute Gasteiger partial charge is 0.259 e. The van der Waals surface area contributed by atoms with E-state index in [0.717, 1.165) is 0 Å². The summed E-state index contributed by atoms with van der Waals surface area (Å²) in [6, 6.07) is 5.30. The van der Waals surface area contributed by atoms with Crippen LogP contribution in [0.2, 0.25) is 0 Å². The van der Waals surface area contributed by atoms with Gasteiger partial charge in [-0.3, -0.25) is 4.79 Å². The maximum Gasteiger partial charge on any atom is 0.259 e. The van der Waals surface area contributed by atoms with Crippen molar-refractivity contribution in [2.45, 2.75) is 6.92 Å². The van der Waals surface area contributed by atoms with E-state index >= 15 is 0 Å². The number of carbonyl (C=O) groups is 1.